The molecule has 0 N–H and O–H groups in total. The Bertz CT molecular complexity index is 261. The third kappa shape index (κ3) is 2.27. The maximum absolute atomic E-state index is 4.11. The molecule has 0 amide bonds. The highest BCUT2D eigenvalue weighted by Crippen LogP contribution is 2.24. The molecule has 2 heteroatoms. The van der Waals surface area contributed by atoms with E-state index >= 15 is 0 Å². The van der Waals surface area contributed by atoms with Gasteiger partial charge in [0, 0.05) is 11.4 Å². The highest BCUT2D eigenvalue weighted by molar-refractivity contribution is 5.26. The Morgan fingerprint density at radius 1 is 1.23 bits per heavy atom. The lowest BCUT2D eigenvalue weighted by Gasteiger charge is -2.14. The predicted molar refractivity (Wildman–Crippen MR) is 53.7 cm³/mol. The average Bonchev–Trinajstić information content (AvgIpc) is 2.04. The van der Waals surface area contributed by atoms with Crippen LogP contribution in [0.15, 0.2) is 0 Å². The molecule has 0 aliphatic heterocycles. The van der Waals surface area contributed by atoms with Crippen molar-refractivity contribution in [3.05, 3.63) is 23.3 Å². The van der Waals surface area contributed by atoms with Gasteiger partial charge in [0.25, 0.3) is 0 Å². The Labute approximate surface area is 80.4 Å². The monoisotopic (exact) mass is 177 g/mol. The maximum atomic E-state index is 4.11. The number of rotatable bonds is 3. The van der Waals surface area contributed by atoms with E-state index in [2.05, 4.69) is 30.1 Å². The third-order valence-electron chi connectivity index (χ3n) is 2.43. The summed E-state index contributed by atoms with van der Waals surface area (Å²) in [4.78, 5) is 8.21. The molecule has 2 nitrogen and oxygen atoms in total. The first-order valence-corrected chi connectivity index (χ1v) is 4.88. The summed E-state index contributed by atoms with van der Waals surface area (Å²) in [5, 5.41) is 0. The topological polar surface area (TPSA) is 25.8 Å². The van der Waals surface area contributed by atoms with Gasteiger partial charge in [-0.25, -0.2) is 9.97 Å². The number of aryl methyl sites for hydroxylation is 2. The van der Waals surface area contributed by atoms with Crippen molar-refractivity contribution in [1.82, 2.24) is 9.97 Å². The second-order valence-corrected chi connectivity index (χ2v) is 3.60. The number of hydrogen-bond donors (Lipinski definition) is 0. The second kappa shape index (κ2) is 4.35. The van der Waals surface area contributed by atoms with E-state index in [0.29, 0.717) is 5.92 Å². The molecule has 0 spiro atoms. The summed E-state index contributed by atoms with van der Waals surface area (Å²) in [5.74, 6) is 0.569. The van der Waals surface area contributed by atoms with Gasteiger partial charge >= 0.3 is 0 Å². The van der Waals surface area contributed by atoms with E-state index < -0.39 is 0 Å². The highest BCUT2D eigenvalue weighted by atomic mass is 14.8. The molecule has 0 aliphatic carbocycles. The Balaban J connectivity index is 2.98. The lowest BCUT2D eigenvalue weighted by molar-refractivity contribution is 0.648. The second-order valence-electron chi connectivity index (χ2n) is 3.60. The summed E-state index contributed by atoms with van der Waals surface area (Å²) in [6.45, 7) is 8.51. The van der Waals surface area contributed by atoms with Gasteiger partial charge in [0.1, 0.15) is 0 Å². The SMILES string of the molecule is CCCC(C)c1c(C)n[c]nc1C. The summed E-state index contributed by atoms with van der Waals surface area (Å²) in [5.41, 5.74) is 3.46. The molecular formula is C11H17N2. The van der Waals surface area contributed by atoms with Gasteiger partial charge in [0.2, 0.25) is 0 Å². The summed E-state index contributed by atoms with van der Waals surface area (Å²) in [7, 11) is 0. The van der Waals surface area contributed by atoms with Crippen molar-refractivity contribution in [3.63, 3.8) is 0 Å². The average molecular weight is 177 g/mol. The molecule has 1 atom stereocenters. The largest absolute Gasteiger partial charge is 0.230 e. The van der Waals surface area contributed by atoms with Gasteiger partial charge < -0.3 is 0 Å². The van der Waals surface area contributed by atoms with Gasteiger partial charge in [0.15, 0.2) is 6.33 Å². The maximum Gasteiger partial charge on any atom is 0.198 e. The van der Waals surface area contributed by atoms with Crippen LogP contribution in [-0.4, -0.2) is 9.97 Å². The zero-order valence-electron chi connectivity index (χ0n) is 8.89. The Hall–Kier alpha value is -0.920. The van der Waals surface area contributed by atoms with Crippen molar-refractivity contribution in [2.75, 3.05) is 0 Å². The van der Waals surface area contributed by atoms with Crippen LogP contribution < -0.4 is 0 Å². The summed E-state index contributed by atoms with van der Waals surface area (Å²) >= 11 is 0. The number of aromatic nitrogens is 2. The fourth-order valence-electron chi connectivity index (χ4n) is 1.85. The predicted octanol–water partition coefficient (Wildman–Crippen LogP) is 2.80. The smallest absolute Gasteiger partial charge is 0.198 e. The van der Waals surface area contributed by atoms with Crippen LogP contribution in [-0.2, 0) is 0 Å². The molecule has 0 bridgehead atoms. The summed E-state index contributed by atoms with van der Waals surface area (Å²) < 4.78 is 0. The zero-order valence-corrected chi connectivity index (χ0v) is 8.89. The molecular weight excluding hydrogens is 160 g/mol. The van der Waals surface area contributed by atoms with E-state index in [4.69, 9.17) is 0 Å². The normalized spacial score (nSPS) is 12.9. The van der Waals surface area contributed by atoms with Crippen LogP contribution in [0, 0.1) is 20.2 Å². The van der Waals surface area contributed by atoms with E-state index in [1.165, 1.54) is 18.4 Å². The molecule has 1 aromatic heterocycles. The van der Waals surface area contributed by atoms with E-state index in [1.54, 1.807) is 0 Å². The summed E-state index contributed by atoms with van der Waals surface area (Å²) in [6.07, 6.45) is 5.08. The number of nitrogens with zero attached hydrogens (tertiary/aromatic N) is 2. The van der Waals surface area contributed by atoms with Crippen LogP contribution in [0.5, 0.6) is 0 Å². The molecule has 1 aromatic rings. The van der Waals surface area contributed by atoms with Gasteiger partial charge in [-0.15, -0.1) is 0 Å². The number of hydrogen-bond acceptors (Lipinski definition) is 2. The minimum atomic E-state index is 0.569. The molecule has 0 fully saturated rings. The van der Waals surface area contributed by atoms with Gasteiger partial charge in [-0.2, -0.15) is 0 Å². The third-order valence-corrected chi connectivity index (χ3v) is 2.43. The fourth-order valence-corrected chi connectivity index (χ4v) is 1.85. The lowest BCUT2D eigenvalue weighted by Crippen LogP contribution is -2.03. The molecule has 13 heavy (non-hydrogen) atoms. The molecule has 0 saturated carbocycles. The molecule has 1 radical (unpaired) electrons. The first-order valence-electron chi connectivity index (χ1n) is 4.88. The first-order chi connectivity index (χ1) is 6.16. The van der Waals surface area contributed by atoms with Gasteiger partial charge in [-0.05, 0) is 31.7 Å². The standard InChI is InChI=1S/C11H17N2/c1-5-6-8(2)11-9(3)12-7-13-10(11)4/h8H,5-6H2,1-4H3. The van der Waals surface area contributed by atoms with E-state index in [0.717, 1.165) is 11.4 Å². The van der Waals surface area contributed by atoms with Crippen LogP contribution >= 0.6 is 0 Å². The molecule has 1 heterocycles. The van der Waals surface area contributed by atoms with E-state index in [-0.39, 0.29) is 0 Å². The minimum absolute atomic E-state index is 0.569. The molecule has 0 saturated heterocycles. The first kappa shape index (κ1) is 10.2. The highest BCUT2D eigenvalue weighted by Gasteiger charge is 2.11. The van der Waals surface area contributed by atoms with Crippen molar-refractivity contribution in [1.29, 1.82) is 0 Å². The van der Waals surface area contributed by atoms with Crippen molar-refractivity contribution >= 4 is 0 Å². The molecule has 0 aromatic carbocycles. The zero-order chi connectivity index (χ0) is 9.84. The van der Waals surface area contributed by atoms with Crippen LogP contribution in [0.3, 0.4) is 0 Å². The fraction of sp³-hybridized carbons (Fsp3) is 0.636. The molecule has 1 rings (SSSR count). The van der Waals surface area contributed by atoms with E-state index in [1.807, 2.05) is 13.8 Å². The van der Waals surface area contributed by atoms with Crippen LogP contribution in [0.1, 0.15) is 49.6 Å². The molecule has 0 aliphatic rings. The Kier molecular flexibility index (Phi) is 3.40. The van der Waals surface area contributed by atoms with Gasteiger partial charge in [-0.1, -0.05) is 20.3 Å². The van der Waals surface area contributed by atoms with Crippen LogP contribution in [0.25, 0.3) is 0 Å². The quantitative estimate of drug-likeness (QED) is 0.709. The van der Waals surface area contributed by atoms with Crippen molar-refractivity contribution in [2.45, 2.75) is 46.5 Å². The van der Waals surface area contributed by atoms with Crippen molar-refractivity contribution in [2.24, 2.45) is 0 Å². The van der Waals surface area contributed by atoms with Crippen LogP contribution in [0.4, 0.5) is 0 Å². The Morgan fingerprint density at radius 3 is 2.23 bits per heavy atom. The van der Waals surface area contributed by atoms with Crippen molar-refractivity contribution in [3.8, 4) is 0 Å². The molecule has 71 valence electrons. The summed E-state index contributed by atoms with van der Waals surface area (Å²) in [6, 6.07) is 0. The molecule has 1 unspecified atom stereocenters. The minimum Gasteiger partial charge on any atom is -0.230 e. The van der Waals surface area contributed by atoms with Crippen LogP contribution in [0.2, 0.25) is 0 Å². The Morgan fingerprint density at radius 2 is 1.77 bits per heavy atom. The van der Waals surface area contributed by atoms with Gasteiger partial charge in [0.05, 0.1) is 0 Å². The van der Waals surface area contributed by atoms with E-state index in [9.17, 15) is 0 Å². The van der Waals surface area contributed by atoms with Gasteiger partial charge in [-0.3, -0.25) is 0 Å². The lowest BCUT2D eigenvalue weighted by atomic mass is 9.94. The van der Waals surface area contributed by atoms with Crippen molar-refractivity contribution < 1.29 is 0 Å².